The van der Waals surface area contributed by atoms with Crippen LogP contribution in [-0.2, 0) is 17.7 Å². The third-order valence-corrected chi connectivity index (χ3v) is 3.57. The van der Waals surface area contributed by atoms with Crippen molar-refractivity contribution in [2.24, 2.45) is 0 Å². The lowest BCUT2D eigenvalue weighted by Crippen LogP contribution is -2.04. The molecule has 0 radical (unpaired) electrons. The van der Waals surface area contributed by atoms with Gasteiger partial charge >= 0.3 is 5.97 Å². The van der Waals surface area contributed by atoms with Gasteiger partial charge in [-0.15, -0.1) is 0 Å². The average molecular weight is 292 g/mol. The van der Waals surface area contributed by atoms with Gasteiger partial charge in [0.1, 0.15) is 17.1 Å². The molecule has 0 aliphatic heterocycles. The third-order valence-electron chi connectivity index (χ3n) is 3.57. The van der Waals surface area contributed by atoms with Gasteiger partial charge in [0.2, 0.25) is 0 Å². The van der Waals surface area contributed by atoms with Crippen LogP contribution in [0.2, 0.25) is 0 Å². The van der Waals surface area contributed by atoms with Gasteiger partial charge in [-0.3, -0.25) is 4.68 Å². The zero-order valence-electron chi connectivity index (χ0n) is 12.8. The fraction of sp³-hybridized carbons (Fsp3) is 0.467. The highest BCUT2D eigenvalue weighted by Gasteiger charge is 2.17. The summed E-state index contributed by atoms with van der Waals surface area (Å²) in [5.74, 6) is 0.778. The normalized spacial score (nSPS) is 10.9. The number of nitrogens with zero attached hydrogens (tertiary/aromatic N) is 2. The van der Waals surface area contributed by atoms with Gasteiger partial charge in [-0.05, 0) is 38.8 Å². The van der Waals surface area contributed by atoms with Crippen molar-refractivity contribution in [1.29, 1.82) is 0 Å². The second-order valence-corrected chi connectivity index (χ2v) is 4.95. The van der Waals surface area contributed by atoms with Crippen LogP contribution in [0.3, 0.4) is 0 Å². The summed E-state index contributed by atoms with van der Waals surface area (Å²) in [6, 6.07) is 1.68. The second-order valence-electron chi connectivity index (χ2n) is 4.95. The largest absolute Gasteiger partial charge is 0.465 e. The SMILES string of the molecule is COC(=O)c1cc(Cn2nc(C)c(CCO)c2C)oc1C. The van der Waals surface area contributed by atoms with Gasteiger partial charge in [0.05, 0.1) is 19.3 Å². The fourth-order valence-corrected chi connectivity index (χ4v) is 2.44. The van der Waals surface area contributed by atoms with E-state index in [1.807, 2.05) is 18.5 Å². The number of ether oxygens (including phenoxy) is 1. The molecule has 0 spiro atoms. The number of aliphatic hydroxyl groups excluding tert-OH is 1. The van der Waals surface area contributed by atoms with Crippen molar-refractivity contribution in [3.63, 3.8) is 0 Å². The molecule has 2 heterocycles. The number of esters is 1. The maximum absolute atomic E-state index is 11.6. The van der Waals surface area contributed by atoms with Crippen molar-refractivity contribution in [2.75, 3.05) is 13.7 Å². The predicted molar refractivity (Wildman–Crippen MR) is 76.4 cm³/mol. The number of hydrogen-bond acceptors (Lipinski definition) is 5. The van der Waals surface area contributed by atoms with Crippen LogP contribution in [0.15, 0.2) is 10.5 Å². The number of hydrogen-bond donors (Lipinski definition) is 1. The monoisotopic (exact) mass is 292 g/mol. The van der Waals surface area contributed by atoms with Crippen LogP contribution in [0.5, 0.6) is 0 Å². The number of rotatable bonds is 5. The lowest BCUT2D eigenvalue weighted by Gasteiger charge is -2.02. The summed E-state index contributed by atoms with van der Waals surface area (Å²) in [5.41, 5.74) is 3.38. The first-order valence-electron chi connectivity index (χ1n) is 6.79. The van der Waals surface area contributed by atoms with E-state index in [1.165, 1.54) is 7.11 Å². The third kappa shape index (κ3) is 3.00. The smallest absolute Gasteiger partial charge is 0.341 e. The van der Waals surface area contributed by atoms with Gasteiger partial charge in [0, 0.05) is 12.3 Å². The molecule has 0 atom stereocenters. The number of aliphatic hydroxyl groups is 1. The molecule has 1 N–H and O–H groups in total. The first-order valence-corrected chi connectivity index (χ1v) is 6.79. The minimum atomic E-state index is -0.406. The highest BCUT2D eigenvalue weighted by Crippen LogP contribution is 2.19. The molecule has 0 unspecified atom stereocenters. The summed E-state index contributed by atoms with van der Waals surface area (Å²) in [6.45, 7) is 6.15. The van der Waals surface area contributed by atoms with Crippen LogP contribution in [-0.4, -0.2) is 34.6 Å². The van der Waals surface area contributed by atoms with Gasteiger partial charge in [-0.25, -0.2) is 4.79 Å². The lowest BCUT2D eigenvalue weighted by molar-refractivity contribution is 0.0599. The first-order chi connectivity index (χ1) is 9.97. The molecule has 0 bridgehead atoms. The standard InChI is InChI=1S/C15H20N2O4/c1-9-13(5-6-18)10(2)17(16-9)8-12-7-14(11(3)21-12)15(19)20-4/h7,18H,5-6,8H2,1-4H3. The Kier molecular flexibility index (Phi) is 4.47. The van der Waals surface area contributed by atoms with Gasteiger partial charge in [-0.1, -0.05) is 0 Å². The van der Waals surface area contributed by atoms with E-state index in [9.17, 15) is 4.79 Å². The van der Waals surface area contributed by atoms with Crippen molar-refractivity contribution >= 4 is 5.97 Å². The van der Waals surface area contributed by atoms with Crippen LogP contribution in [0.4, 0.5) is 0 Å². The van der Waals surface area contributed by atoms with Crippen LogP contribution < -0.4 is 0 Å². The summed E-state index contributed by atoms with van der Waals surface area (Å²) in [5, 5.41) is 13.5. The maximum Gasteiger partial charge on any atom is 0.341 e. The lowest BCUT2D eigenvalue weighted by atomic mass is 10.1. The molecule has 2 rings (SSSR count). The van der Waals surface area contributed by atoms with E-state index in [0.717, 1.165) is 17.0 Å². The van der Waals surface area contributed by atoms with Gasteiger partial charge < -0.3 is 14.3 Å². The van der Waals surface area contributed by atoms with Gasteiger partial charge in [0.15, 0.2) is 0 Å². The Labute approximate surface area is 123 Å². The minimum Gasteiger partial charge on any atom is -0.465 e. The molecule has 2 aromatic rings. The Bertz CT molecular complexity index is 655. The Hall–Kier alpha value is -2.08. The Morgan fingerprint density at radius 3 is 2.76 bits per heavy atom. The highest BCUT2D eigenvalue weighted by atomic mass is 16.5. The molecule has 0 saturated carbocycles. The topological polar surface area (TPSA) is 77.5 Å². The second kappa shape index (κ2) is 6.13. The molecule has 21 heavy (non-hydrogen) atoms. The number of aryl methyl sites for hydroxylation is 2. The molecule has 114 valence electrons. The summed E-state index contributed by atoms with van der Waals surface area (Å²) in [4.78, 5) is 11.6. The fourth-order valence-electron chi connectivity index (χ4n) is 2.44. The Morgan fingerprint density at radius 1 is 1.43 bits per heavy atom. The van der Waals surface area contributed by atoms with E-state index < -0.39 is 5.97 Å². The summed E-state index contributed by atoms with van der Waals surface area (Å²) in [6.07, 6.45) is 0.586. The van der Waals surface area contributed by atoms with Gasteiger partial charge in [-0.2, -0.15) is 5.10 Å². The minimum absolute atomic E-state index is 0.0969. The molecule has 0 saturated heterocycles. The van der Waals surface area contributed by atoms with E-state index in [4.69, 9.17) is 14.3 Å². The summed E-state index contributed by atoms with van der Waals surface area (Å²) < 4.78 is 12.1. The van der Waals surface area contributed by atoms with Crippen molar-refractivity contribution in [1.82, 2.24) is 9.78 Å². The molecule has 0 aromatic carbocycles. The number of methoxy groups -OCH3 is 1. The Morgan fingerprint density at radius 2 is 2.14 bits per heavy atom. The van der Waals surface area contributed by atoms with Crippen LogP contribution in [0.1, 0.15) is 38.8 Å². The van der Waals surface area contributed by atoms with E-state index in [1.54, 1.807) is 13.0 Å². The van der Waals surface area contributed by atoms with E-state index >= 15 is 0 Å². The van der Waals surface area contributed by atoms with Crippen LogP contribution in [0, 0.1) is 20.8 Å². The number of carbonyl (C=O) groups is 1. The zero-order chi connectivity index (χ0) is 15.6. The molecule has 0 fully saturated rings. The molecule has 0 aliphatic rings. The van der Waals surface area contributed by atoms with E-state index in [2.05, 4.69) is 5.10 Å². The zero-order valence-corrected chi connectivity index (χ0v) is 12.8. The van der Waals surface area contributed by atoms with Crippen molar-refractivity contribution in [3.8, 4) is 0 Å². The molecule has 2 aromatic heterocycles. The van der Waals surface area contributed by atoms with Crippen molar-refractivity contribution in [3.05, 3.63) is 40.1 Å². The number of carbonyl (C=O) groups excluding carboxylic acids is 1. The van der Waals surface area contributed by atoms with Crippen LogP contribution >= 0.6 is 0 Å². The number of aromatic nitrogens is 2. The van der Waals surface area contributed by atoms with Crippen LogP contribution in [0.25, 0.3) is 0 Å². The summed E-state index contributed by atoms with van der Waals surface area (Å²) >= 11 is 0. The predicted octanol–water partition coefficient (Wildman–Crippen LogP) is 1.77. The molecule has 6 nitrogen and oxygen atoms in total. The Balaban J connectivity index is 2.27. The quantitative estimate of drug-likeness (QED) is 0.850. The molecular formula is C15H20N2O4. The molecular weight excluding hydrogens is 272 g/mol. The van der Waals surface area contributed by atoms with Crippen molar-refractivity contribution in [2.45, 2.75) is 33.7 Å². The molecule has 6 heteroatoms. The first kappa shape index (κ1) is 15.3. The summed E-state index contributed by atoms with van der Waals surface area (Å²) in [7, 11) is 1.34. The number of furan rings is 1. The molecule has 0 aliphatic carbocycles. The molecule has 0 amide bonds. The van der Waals surface area contributed by atoms with E-state index in [-0.39, 0.29) is 6.61 Å². The van der Waals surface area contributed by atoms with Crippen molar-refractivity contribution < 1.29 is 19.1 Å². The average Bonchev–Trinajstić information content (AvgIpc) is 2.94. The van der Waals surface area contributed by atoms with Gasteiger partial charge in [0.25, 0.3) is 0 Å². The maximum atomic E-state index is 11.6. The van der Waals surface area contributed by atoms with E-state index in [0.29, 0.717) is 30.0 Å². The highest BCUT2D eigenvalue weighted by molar-refractivity contribution is 5.90.